The van der Waals surface area contributed by atoms with Crippen LogP contribution in [0.1, 0.15) is 43.7 Å². The second-order valence-corrected chi connectivity index (χ2v) is 7.36. The lowest BCUT2D eigenvalue weighted by molar-refractivity contribution is 0.148. The van der Waals surface area contributed by atoms with Gasteiger partial charge in [-0.2, -0.15) is 0 Å². The first kappa shape index (κ1) is 14.8. The van der Waals surface area contributed by atoms with Gasteiger partial charge in [-0.25, -0.2) is 0 Å². The van der Waals surface area contributed by atoms with E-state index in [4.69, 9.17) is 17.3 Å². The minimum atomic E-state index is 0.420. The molecule has 0 bridgehead atoms. The van der Waals surface area contributed by atoms with Gasteiger partial charge in [0.25, 0.3) is 0 Å². The Bertz CT molecular complexity index is 476. The van der Waals surface area contributed by atoms with E-state index in [0.717, 1.165) is 22.1 Å². The van der Waals surface area contributed by atoms with Crippen molar-refractivity contribution in [2.24, 2.45) is 11.7 Å². The van der Waals surface area contributed by atoms with Gasteiger partial charge in [-0.3, -0.25) is 4.90 Å². The first-order chi connectivity index (χ1) is 9.70. The van der Waals surface area contributed by atoms with Crippen LogP contribution >= 0.6 is 27.5 Å². The molecule has 2 N–H and O–H groups in total. The Morgan fingerprint density at radius 1 is 1.25 bits per heavy atom. The van der Waals surface area contributed by atoms with Crippen LogP contribution in [-0.4, -0.2) is 24.0 Å². The summed E-state index contributed by atoms with van der Waals surface area (Å²) in [6.07, 6.45) is 6.49. The van der Waals surface area contributed by atoms with Gasteiger partial charge in [0.1, 0.15) is 0 Å². The number of hydrogen-bond donors (Lipinski definition) is 1. The first-order valence-electron chi connectivity index (χ1n) is 7.61. The van der Waals surface area contributed by atoms with Crippen molar-refractivity contribution in [1.29, 1.82) is 0 Å². The van der Waals surface area contributed by atoms with Crippen molar-refractivity contribution in [3.63, 3.8) is 0 Å². The lowest BCUT2D eigenvalue weighted by Crippen LogP contribution is -2.37. The van der Waals surface area contributed by atoms with Crippen molar-refractivity contribution >= 4 is 27.5 Å². The van der Waals surface area contributed by atoms with Crippen LogP contribution in [0.5, 0.6) is 0 Å². The van der Waals surface area contributed by atoms with Crippen LogP contribution < -0.4 is 5.73 Å². The quantitative estimate of drug-likeness (QED) is 0.870. The highest BCUT2D eigenvalue weighted by atomic mass is 79.9. The van der Waals surface area contributed by atoms with Gasteiger partial charge in [-0.05, 0) is 68.5 Å². The Balaban J connectivity index is 2.00. The zero-order valence-corrected chi connectivity index (χ0v) is 14.0. The van der Waals surface area contributed by atoms with E-state index in [0.29, 0.717) is 12.0 Å². The minimum Gasteiger partial charge on any atom is -0.330 e. The summed E-state index contributed by atoms with van der Waals surface area (Å²) in [7, 11) is 0. The third kappa shape index (κ3) is 3.06. The number of nitrogens with zero attached hydrogens (tertiary/aromatic N) is 1. The molecule has 1 aliphatic heterocycles. The van der Waals surface area contributed by atoms with Crippen LogP contribution in [0.3, 0.4) is 0 Å². The number of benzene rings is 1. The Morgan fingerprint density at radius 3 is 2.75 bits per heavy atom. The maximum absolute atomic E-state index is 6.24. The smallest absolute Gasteiger partial charge is 0.0410 e. The van der Waals surface area contributed by atoms with Gasteiger partial charge in [0.15, 0.2) is 0 Å². The maximum atomic E-state index is 6.24. The van der Waals surface area contributed by atoms with E-state index in [-0.39, 0.29) is 0 Å². The standard InChI is InChI=1S/C16H22BrClN2/c17-15-7-4-12(18)9-14(15)16-11(10-19)3-1-2-8-20(16)13-5-6-13/h4,7,9,11,13,16H,1-3,5-6,8,10,19H2. The summed E-state index contributed by atoms with van der Waals surface area (Å²) < 4.78 is 1.16. The Kier molecular flexibility index (Phi) is 4.71. The Labute approximate surface area is 134 Å². The predicted octanol–water partition coefficient (Wildman–Crippen LogP) is 4.37. The summed E-state index contributed by atoms with van der Waals surface area (Å²) >= 11 is 9.96. The van der Waals surface area contributed by atoms with Crippen LogP contribution in [0.25, 0.3) is 0 Å². The third-order valence-corrected chi connectivity index (χ3v) is 5.60. The van der Waals surface area contributed by atoms with Crippen molar-refractivity contribution in [2.75, 3.05) is 13.1 Å². The fourth-order valence-electron chi connectivity index (χ4n) is 3.51. The normalized spacial score (nSPS) is 28.4. The average Bonchev–Trinajstić information content (AvgIpc) is 3.26. The average molecular weight is 358 g/mol. The molecule has 1 heterocycles. The van der Waals surface area contributed by atoms with Crippen LogP contribution in [-0.2, 0) is 0 Å². The Morgan fingerprint density at radius 2 is 2.05 bits per heavy atom. The molecule has 2 unspecified atom stereocenters. The molecule has 1 aromatic carbocycles. The number of hydrogen-bond acceptors (Lipinski definition) is 2. The fraction of sp³-hybridized carbons (Fsp3) is 0.625. The molecule has 20 heavy (non-hydrogen) atoms. The predicted molar refractivity (Wildman–Crippen MR) is 88.0 cm³/mol. The van der Waals surface area contributed by atoms with Crippen molar-refractivity contribution in [2.45, 2.75) is 44.2 Å². The lowest BCUT2D eigenvalue weighted by Gasteiger charge is -2.36. The van der Waals surface area contributed by atoms with Gasteiger partial charge in [-0.15, -0.1) is 0 Å². The van der Waals surface area contributed by atoms with E-state index in [9.17, 15) is 0 Å². The molecule has 110 valence electrons. The molecule has 0 radical (unpaired) electrons. The molecule has 1 saturated carbocycles. The number of rotatable bonds is 3. The summed E-state index contributed by atoms with van der Waals surface area (Å²) in [5.74, 6) is 0.535. The zero-order chi connectivity index (χ0) is 14.1. The summed E-state index contributed by atoms with van der Waals surface area (Å²) in [5, 5.41) is 0.818. The van der Waals surface area contributed by atoms with Gasteiger partial charge in [0, 0.05) is 21.6 Å². The maximum Gasteiger partial charge on any atom is 0.0410 e. The summed E-state index contributed by atoms with van der Waals surface area (Å²) in [6.45, 7) is 1.96. The highest BCUT2D eigenvalue weighted by Gasteiger charge is 2.39. The molecule has 1 aromatic rings. The van der Waals surface area contributed by atoms with Crippen molar-refractivity contribution < 1.29 is 0 Å². The molecule has 0 amide bonds. The molecule has 1 aliphatic carbocycles. The summed E-state index contributed by atoms with van der Waals surface area (Å²) in [5.41, 5.74) is 7.42. The van der Waals surface area contributed by atoms with Gasteiger partial charge in [0.05, 0.1) is 0 Å². The molecule has 1 saturated heterocycles. The molecule has 0 aromatic heterocycles. The molecule has 2 nitrogen and oxygen atoms in total. The van der Waals surface area contributed by atoms with Crippen molar-refractivity contribution in [3.05, 3.63) is 33.3 Å². The highest BCUT2D eigenvalue weighted by molar-refractivity contribution is 9.10. The number of halogens is 2. The third-order valence-electron chi connectivity index (χ3n) is 4.64. The van der Waals surface area contributed by atoms with Gasteiger partial charge in [-0.1, -0.05) is 34.0 Å². The van der Waals surface area contributed by atoms with E-state index < -0.39 is 0 Å². The SMILES string of the molecule is NCC1CCCCN(C2CC2)C1c1cc(Cl)ccc1Br. The van der Waals surface area contributed by atoms with Gasteiger partial charge < -0.3 is 5.73 Å². The van der Waals surface area contributed by atoms with E-state index >= 15 is 0 Å². The van der Waals surface area contributed by atoms with E-state index in [2.05, 4.69) is 33.0 Å². The zero-order valence-electron chi connectivity index (χ0n) is 11.7. The number of nitrogens with two attached hydrogens (primary N) is 1. The molecular formula is C16H22BrClN2. The first-order valence-corrected chi connectivity index (χ1v) is 8.78. The molecule has 0 spiro atoms. The van der Waals surface area contributed by atoms with Crippen LogP contribution in [0.2, 0.25) is 5.02 Å². The molecule has 2 fully saturated rings. The topological polar surface area (TPSA) is 29.3 Å². The second kappa shape index (κ2) is 6.35. The highest BCUT2D eigenvalue weighted by Crippen LogP contribution is 2.44. The fourth-order valence-corrected chi connectivity index (χ4v) is 4.17. The van der Waals surface area contributed by atoms with Gasteiger partial charge >= 0.3 is 0 Å². The second-order valence-electron chi connectivity index (χ2n) is 6.07. The molecule has 2 aliphatic rings. The van der Waals surface area contributed by atoms with Crippen LogP contribution in [0, 0.1) is 5.92 Å². The number of likely N-dealkylation sites (tertiary alicyclic amines) is 1. The van der Waals surface area contributed by atoms with E-state index in [1.165, 1.54) is 44.2 Å². The van der Waals surface area contributed by atoms with Crippen LogP contribution in [0.15, 0.2) is 22.7 Å². The van der Waals surface area contributed by atoms with Crippen molar-refractivity contribution in [1.82, 2.24) is 4.90 Å². The van der Waals surface area contributed by atoms with Crippen LogP contribution in [0.4, 0.5) is 0 Å². The summed E-state index contributed by atoms with van der Waals surface area (Å²) in [4.78, 5) is 2.70. The van der Waals surface area contributed by atoms with Crippen molar-refractivity contribution in [3.8, 4) is 0 Å². The molecule has 4 heteroatoms. The van der Waals surface area contributed by atoms with Gasteiger partial charge in [0.2, 0.25) is 0 Å². The minimum absolute atomic E-state index is 0.420. The van der Waals surface area contributed by atoms with E-state index in [1.54, 1.807) is 0 Å². The largest absolute Gasteiger partial charge is 0.330 e. The monoisotopic (exact) mass is 356 g/mol. The summed E-state index contributed by atoms with van der Waals surface area (Å²) in [6, 6.07) is 7.33. The van der Waals surface area contributed by atoms with E-state index in [1.807, 2.05) is 6.07 Å². The molecule has 3 rings (SSSR count). The Hall–Kier alpha value is -0.0900. The molecular weight excluding hydrogens is 336 g/mol. The lowest BCUT2D eigenvalue weighted by atomic mass is 9.89. The molecule has 2 atom stereocenters.